The van der Waals surface area contributed by atoms with E-state index in [0.29, 0.717) is 9.90 Å². The molecular weight excluding hydrogens is 310 g/mol. The molecule has 0 fully saturated rings. The normalized spacial score (nSPS) is 12.2. The number of halogens is 1. The van der Waals surface area contributed by atoms with Gasteiger partial charge in [-0.3, -0.25) is 4.79 Å². The van der Waals surface area contributed by atoms with Crippen molar-refractivity contribution in [2.75, 3.05) is 0 Å². The maximum Gasteiger partial charge on any atom is 0.331 e. The Morgan fingerprint density at radius 1 is 1.29 bits per heavy atom. The highest BCUT2D eigenvalue weighted by Crippen LogP contribution is 2.19. The molecule has 108 valence electrons. The van der Waals surface area contributed by atoms with Crippen LogP contribution in [-0.4, -0.2) is 17.0 Å². The Bertz CT molecular complexity index is 667. The predicted molar refractivity (Wildman–Crippen MR) is 83.3 cm³/mol. The van der Waals surface area contributed by atoms with Crippen molar-refractivity contribution >= 4 is 40.9 Å². The van der Waals surface area contributed by atoms with Crippen LogP contribution in [0, 0.1) is 0 Å². The number of hydrogen-bond acceptors (Lipinski definition) is 3. The van der Waals surface area contributed by atoms with Gasteiger partial charge in [0.25, 0.3) is 0 Å². The lowest BCUT2D eigenvalue weighted by atomic mass is 10.2. The van der Waals surface area contributed by atoms with Crippen LogP contribution in [0.3, 0.4) is 0 Å². The number of carboxylic acid groups (broad SMARTS) is 1. The number of rotatable bonds is 5. The molecule has 6 heteroatoms. The van der Waals surface area contributed by atoms with Crippen molar-refractivity contribution in [2.24, 2.45) is 0 Å². The second-order valence-electron chi connectivity index (χ2n) is 4.18. The number of carbonyl (C=O) groups excluding carboxylic acids is 1. The van der Waals surface area contributed by atoms with Crippen molar-refractivity contribution in [3.8, 4) is 0 Å². The van der Waals surface area contributed by atoms with E-state index in [2.05, 4.69) is 5.32 Å². The Morgan fingerprint density at radius 3 is 2.71 bits per heavy atom. The number of amides is 1. The van der Waals surface area contributed by atoms with E-state index in [1.54, 1.807) is 47.9 Å². The average molecular weight is 322 g/mol. The lowest BCUT2D eigenvalue weighted by Crippen LogP contribution is -2.31. The predicted octanol–water partition coefficient (Wildman–Crippen LogP) is 3.36. The molecule has 4 nitrogen and oxygen atoms in total. The topological polar surface area (TPSA) is 66.4 Å². The van der Waals surface area contributed by atoms with Crippen LogP contribution in [0.2, 0.25) is 5.02 Å². The highest BCUT2D eigenvalue weighted by atomic mass is 35.5. The van der Waals surface area contributed by atoms with E-state index in [4.69, 9.17) is 16.7 Å². The fourth-order valence-corrected chi connectivity index (χ4v) is 2.65. The van der Waals surface area contributed by atoms with Crippen LogP contribution < -0.4 is 5.32 Å². The number of nitrogens with one attached hydrogen (secondary N) is 1. The zero-order chi connectivity index (χ0) is 15.2. The number of thiophene rings is 1. The third kappa shape index (κ3) is 4.44. The average Bonchev–Trinajstić information content (AvgIpc) is 2.96. The molecule has 1 heterocycles. The number of aliphatic carboxylic acids is 1. The zero-order valence-electron chi connectivity index (χ0n) is 10.8. The van der Waals surface area contributed by atoms with E-state index in [1.807, 2.05) is 0 Å². The van der Waals surface area contributed by atoms with Crippen LogP contribution in [0.1, 0.15) is 16.5 Å². The van der Waals surface area contributed by atoms with E-state index in [-0.39, 0.29) is 0 Å². The first-order chi connectivity index (χ1) is 10.1. The summed E-state index contributed by atoms with van der Waals surface area (Å²) < 4.78 is 0. The quantitative estimate of drug-likeness (QED) is 0.830. The van der Waals surface area contributed by atoms with Gasteiger partial charge in [-0.2, -0.15) is 0 Å². The SMILES string of the molecule is O=C(/C=C/c1cccc(Cl)c1)NC(C(=O)O)c1cccs1. The highest BCUT2D eigenvalue weighted by Gasteiger charge is 2.21. The van der Waals surface area contributed by atoms with Crippen LogP contribution in [0.15, 0.2) is 47.9 Å². The van der Waals surface area contributed by atoms with Gasteiger partial charge in [0.2, 0.25) is 5.91 Å². The fraction of sp³-hybridized carbons (Fsp3) is 0.0667. The van der Waals surface area contributed by atoms with Crippen LogP contribution >= 0.6 is 22.9 Å². The van der Waals surface area contributed by atoms with Gasteiger partial charge in [0.1, 0.15) is 0 Å². The molecule has 1 aromatic carbocycles. The van der Waals surface area contributed by atoms with Crippen LogP contribution in [-0.2, 0) is 9.59 Å². The first kappa shape index (κ1) is 15.3. The minimum atomic E-state index is -1.10. The summed E-state index contributed by atoms with van der Waals surface area (Å²) in [6, 6.07) is 9.38. The molecule has 21 heavy (non-hydrogen) atoms. The summed E-state index contributed by atoms with van der Waals surface area (Å²) in [6.45, 7) is 0. The van der Waals surface area contributed by atoms with Gasteiger partial charge >= 0.3 is 5.97 Å². The minimum Gasteiger partial charge on any atom is -0.479 e. The van der Waals surface area contributed by atoms with Crippen molar-refractivity contribution in [1.82, 2.24) is 5.32 Å². The lowest BCUT2D eigenvalue weighted by molar-refractivity contribution is -0.141. The minimum absolute atomic E-state index is 0.476. The molecule has 2 N–H and O–H groups in total. The molecule has 2 aromatic rings. The van der Waals surface area contributed by atoms with Crippen molar-refractivity contribution < 1.29 is 14.7 Å². The summed E-state index contributed by atoms with van der Waals surface area (Å²) in [7, 11) is 0. The van der Waals surface area contributed by atoms with E-state index >= 15 is 0 Å². The Labute approximate surface area is 130 Å². The number of hydrogen-bond donors (Lipinski definition) is 2. The second kappa shape index (κ2) is 7.06. The molecule has 0 bridgehead atoms. The van der Waals surface area contributed by atoms with Gasteiger partial charge in [-0.15, -0.1) is 11.3 Å². The Kier molecular flexibility index (Phi) is 5.14. The third-order valence-corrected chi connectivity index (χ3v) is 3.81. The first-order valence-corrected chi connectivity index (χ1v) is 7.32. The monoisotopic (exact) mass is 321 g/mol. The molecule has 0 saturated heterocycles. The third-order valence-electron chi connectivity index (χ3n) is 2.64. The molecule has 0 saturated carbocycles. The van der Waals surface area contributed by atoms with E-state index in [1.165, 1.54) is 17.4 Å². The van der Waals surface area contributed by atoms with Gasteiger partial charge in [-0.1, -0.05) is 29.8 Å². The highest BCUT2D eigenvalue weighted by molar-refractivity contribution is 7.10. The molecular formula is C15H12ClNO3S. The molecule has 0 spiro atoms. The van der Waals surface area contributed by atoms with Gasteiger partial charge in [0.05, 0.1) is 0 Å². The summed E-state index contributed by atoms with van der Waals surface area (Å²) in [4.78, 5) is 23.6. The van der Waals surface area contributed by atoms with Crippen LogP contribution in [0.4, 0.5) is 0 Å². The second-order valence-corrected chi connectivity index (χ2v) is 5.60. The maximum atomic E-state index is 11.8. The van der Waals surface area contributed by atoms with E-state index < -0.39 is 17.9 Å². The fourth-order valence-electron chi connectivity index (χ4n) is 1.68. The molecule has 0 aliphatic heterocycles. The maximum absolute atomic E-state index is 11.8. The summed E-state index contributed by atoms with van der Waals surface area (Å²) in [5, 5.41) is 14.0. The largest absolute Gasteiger partial charge is 0.479 e. The summed E-state index contributed by atoms with van der Waals surface area (Å²) in [5.74, 6) is -1.57. The molecule has 1 aromatic heterocycles. The van der Waals surface area contributed by atoms with Gasteiger partial charge in [-0.05, 0) is 35.2 Å². The first-order valence-electron chi connectivity index (χ1n) is 6.06. The lowest BCUT2D eigenvalue weighted by Gasteiger charge is -2.11. The van der Waals surface area contributed by atoms with E-state index in [0.717, 1.165) is 5.56 Å². The summed E-state index contributed by atoms with van der Waals surface area (Å²) >= 11 is 7.12. The summed E-state index contributed by atoms with van der Waals surface area (Å²) in [6.07, 6.45) is 2.86. The smallest absolute Gasteiger partial charge is 0.331 e. The van der Waals surface area contributed by atoms with Gasteiger partial charge in [-0.25, -0.2) is 4.79 Å². The van der Waals surface area contributed by atoms with Gasteiger partial charge < -0.3 is 10.4 Å². The molecule has 1 atom stereocenters. The Balaban J connectivity index is 2.05. The number of carbonyl (C=O) groups is 2. The molecule has 0 aliphatic rings. The molecule has 0 aliphatic carbocycles. The van der Waals surface area contributed by atoms with Crippen LogP contribution in [0.5, 0.6) is 0 Å². The Hall–Kier alpha value is -2.11. The number of benzene rings is 1. The zero-order valence-corrected chi connectivity index (χ0v) is 12.4. The molecule has 1 unspecified atom stereocenters. The van der Waals surface area contributed by atoms with Gasteiger partial charge in [0, 0.05) is 16.0 Å². The van der Waals surface area contributed by atoms with E-state index in [9.17, 15) is 9.59 Å². The van der Waals surface area contributed by atoms with Gasteiger partial charge in [0.15, 0.2) is 6.04 Å². The van der Waals surface area contributed by atoms with Crippen molar-refractivity contribution in [3.63, 3.8) is 0 Å². The van der Waals surface area contributed by atoms with Crippen molar-refractivity contribution in [1.29, 1.82) is 0 Å². The van der Waals surface area contributed by atoms with Crippen molar-refractivity contribution in [2.45, 2.75) is 6.04 Å². The molecule has 0 radical (unpaired) electrons. The number of carboxylic acids is 1. The summed E-state index contributed by atoms with van der Waals surface area (Å²) in [5.41, 5.74) is 0.764. The molecule has 2 rings (SSSR count). The molecule has 1 amide bonds. The van der Waals surface area contributed by atoms with Crippen molar-refractivity contribution in [3.05, 3.63) is 63.3 Å². The van der Waals surface area contributed by atoms with Crippen LogP contribution in [0.25, 0.3) is 6.08 Å². The standard InChI is InChI=1S/C15H12ClNO3S/c16-11-4-1-3-10(9-11)6-7-13(18)17-14(15(19)20)12-5-2-8-21-12/h1-9,14H,(H,17,18)(H,19,20)/b7-6+. The Morgan fingerprint density at radius 2 is 2.10 bits per heavy atom.